The predicted octanol–water partition coefficient (Wildman–Crippen LogP) is -3.61. The lowest BCUT2D eigenvalue weighted by Gasteiger charge is -2.43. The van der Waals surface area contributed by atoms with Gasteiger partial charge in [-0.15, -0.1) is 11.3 Å². The fourth-order valence-corrected chi connectivity index (χ4v) is 4.76. The summed E-state index contributed by atoms with van der Waals surface area (Å²) in [6.45, 7) is 1.48. The molecule has 0 aromatic carbocycles. The van der Waals surface area contributed by atoms with Gasteiger partial charge in [0.1, 0.15) is 17.8 Å². The Labute approximate surface area is 224 Å². The lowest BCUT2D eigenvalue weighted by molar-refractivity contribution is -0.161. The lowest BCUT2D eigenvalue weighted by atomic mass is 9.98. The smallest absolute Gasteiger partial charge is 0.362 e. The van der Waals surface area contributed by atoms with Gasteiger partial charge < -0.3 is 21.0 Å². The summed E-state index contributed by atoms with van der Waals surface area (Å²) < 4.78 is 57.2. The van der Waals surface area contributed by atoms with Crippen molar-refractivity contribution in [1.29, 1.82) is 0 Å². The minimum atomic E-state index is -5.08. The van der Waals surface area contributed by atoms with E-state index in [4.69, 9.17) is 15.7 Å². The molecule has 0 bridgehead atoms. The molecule has 0 aliphatic carbocycles. The van der Waals surface area contributed by atoms with Crippen LogP contribution in [0.1, 0.15) is 25.2 Å². The van der Waals surface area contributed by atoms with E-state index in [-0.39, 0.29) is 27.4 Å². The topological polar surface area (TPSA) is 304 Å². The molecule has 214 valence electrons. The number of aromatic nitrogens is 4. The average Bonchev–Trinajstić information content (AvgIpc) is 3.43. The molecule has 0 unspecified atom stereocenters. The molecule has 3 heterocycles. The van der Waals surface area contributed by atoms with Crippen molar-refractivity contribution in [2.75, 3.05) is 5.73 Å². The Morgan fingerprint density at radius 3 is 2.51 bits per heavy atom. The Morgan fingerprint density at radius 1 is 1.31 bits per heavy atom. The van der Waals surface area contributed by atoms with Gasteiger partial charge in [-0.05, 0) is 13.8 Å². The van der Waals surface area contributed by atoms with E-state index in [9.17, 15) is 40.9 Å². The van der Waals surface area contributed by atoms with Crippen molar-refractivity contribution in [3.05, 3.63) is 23.0 Å². The van der Waals surface area contributed by atoms with Crippen LogP contribution in [0, 0.1) is 0 Å². The van der Waals surface area contributed by atoms with Crippen molar-refractivity contribution in [2.45, 2.75) is 44.6 Å². The Bertz CT molecular complexity index is 1530. The number of nitrogens with zero attached hydrogens (tertiary/aromatic N) is 6. The second kappa shape index (κ2) is 10.8. The molecule has 2 aromatic rings. The third-order valence-electron chi connectivity index (χ3n) is 4.95. The molecular formula is C16H22N10O10S3. The van der Waals surface area contributed by atoms with E-state index < -0.39 is 68.2 Å². The molecule has 3 rings (SSSR count). The van der Waals surface area contributed by atoms with Crippen molar-refractivity contribution in [2.24, 2.45) is 10.3 Å². The summed E-state index contributed by atoms with van der Waals surface area (Å²) in [7, 11) is -9.12. The van der Waals surface area contributed by atoms with Crippen molar-refractivity contribution >= 4 is 60.5 Å². The summed E-state index contributed by atoms with van der Waals surface area (Å²) in [6, 6.07) is -3.01. The number of amides is 2. The maximum atomic E-state index is 13.1. The molecule has 1 aliphatic rings. The Morgan fingerprint density at radius 2 is 1.97 bits per heavy atom. The van der Waals surface area contributed by atoms with Gasteiger partial charge in [-0.3, -0.25) is 14.1 Å². The minimum absolute atomic E-state index is 0.0237. The molecule has 8 N–H and O–H groups in total. The molecule has 2 amide bonds. The molecule has 0 spiro atoms. The SMILES string of the molecule is CC(C)(O/N=C(\C(=O)N[C@@H]1C(=O)N(S(=O)(=O)O)[C@@H]1Cn1ncc(CNS(N)(=O)=O)n1)c1csc(N)n1)C(=O)O. The van der Waals surface area contributed by atoms with E-state index in [0.717, 1.165) is 36.2 Å². The summed E-state index contributed by atoms with van der Waals surface area (Å²) in [6.07, 6.45) is 1.13. The first-order valence-corrected chi connectivity index (χ1v) is 14.2. The first-order chi connectivity index (χ1) is 17.9. The van der Waals surface area contributed by atoms with Crippen LogP contribution in [-0.4, -0.2) is 92.0 Å². The number of hydrogen-bond acceptors (Lipinski definition) is 14. The molecule has 39 heavy (non-hydrogen) atoms. The number of carbonyl (C=O) groups excluding carboxylic acids is 2. The van der Waals surface area contributed by atoms with Gasteiger partial charge in [0.25, 0.3) is 22.0 Å². The Balaban J connectivity index is 1.85. The molecule has 2 aromatic heterocycles. The number of anilines is 1. The number of β-lactam (4-membered cyclic amide) rings is 1. The number of hydrogen-bond donors (Lipinski definition) is 6. The lowest BCUT2D eigenvalue weighted by Crippen LogP contribution is -2.73. The average molecular weight is 611 g/mol. The van der Waals surface area contributed by atoms with Crippen LogP contribution in [0.5, 0.6) is 0 Å². The molecule has 2 atom stereocenters. The van der Waals surface area contributed by atoms with E-state index in [2.05, 4.69) is 25.7 Å². The van der Waals surface area contributed by atoms with Gasteiger partial charge in [0.05, 0.1) is 25.0 Å². The van der Waals surface area contributed by atoms with Crippen LogP contribution in [0.25, 0.3) is 0 Å². The Kier molecular flexibility index (Phi) is 8.23. The molecule has 1 aliphatic heterocycles. The zero-order valence-electron chi connectivity index (χ0n) is 19.9. The second-order valence-electron chi connectivity index (χ2n) is 8.30. The number of aliphatic carboxylic acids is 1. The largest absolute Gasteiger partial charge is 0.478 e. The number of thiazole rings is 1. The van der Waals surface area contributed by atoms with Gasteiger partial charge in [0.15, 0.2) is 10.8 Å². The highest BCUT2D eigenvalue weighted by Gasteiger charge is 2.54. The highest BCUT2D eigenvalue weighted by molar-refractivity contribution is 7.87. The van der Waals surface area contributed by atoms with Crippen LogP contribution in [0.2, 0.25) is 0 Å². The number of rotatable bonds is 12. The summed E-state index contributed by atoms with van der Waals surface area (Å²) >= 11 is 0.919. The number of nitrogens with two attached hydrogens (primary N) is 2. The highest BCUT2D eigenvalue weighted by Crippen LogP contribution is 2.25. The molecule has 0 radical (unpaired) electrons. The number of nitrogens with one attached hydrogen (secondary N) is 2. The summed E-state index contributed by atoms with van der Waals surface area (Å²) in [4.78, 5) is 46.8. The van der Waals surface area contributed by atoms with E-state index in [1.54, 1.807) is 0 Å². The summed E-state index contributed by atoms with van der Waals surface area (Å²) in [5, 5.41) is 29.0. The molecule has 23 heteroatoms. The van der Waals surface area contributed by atoms with Gasteiger partial charge in [-0.2, -0.15) is 36.6 Å². The van der Waals surface area contributed by atoms with Crippen LogP contribution < -0.4 is 20.9 Å². The maximum Gasteiger partial charge on any atom is 0.362 e. The highest BCUT2D eigenvalue weighted by atomic mass is 32.2. The van der Waals surface area contributed by atoms with Gasteiger partial charge in [-0.25, -0.2) is 19.2 Å². The number of carboxylic acid groups (broad SMARTS) is 1. The van der Waals surface area contributed by atoms with E-state index >= 15 is 0 Å². The van der Waals surface area contributed by atoms with Gasteiger partial charge in [0, 0.05) is 5.38 Å². The van der Waals surface area contributed by atoms with Crippen molar-refractivity contribution in [3.8, 4) is 0 Å². The van der Waals surface area contributed by atoms with Crippen molar-refractivity contribution in [3.63, 3.8) is 0 Å². The molecule has 1 saturated heterocycles. The fraction of sp³-hybridized carbons (Fsp3) is 0.438. The summed E-state index contributed by atoms with van der Waals surface area (Å²) in [5.41, 5.74) is 3.09. The normalized spacial score (nSPS) is 18.5. The van der Waals surface area contributed by atoms with Crippen LogP contribution >= 0.6 is 11.3 Å². The van der Waals surface area contributed by atoms with Gasteiger partial charge >= 0.3 is 16.3 Å². The van der Waals surface area contributed by atoms with Crippen LogP contribution in [0.4, 0.5) is 5.13 Å². The van der Waals surface area contributed by atoms with E-state index in [1.807, 2.05) is 4.72 Å². The number of oxime groups is 1. The monoisotopic (exact) mass is 610 g/mol. The standard InChI is InChI=1S/C16H22N10O10S3/c1-16(2,14(29)30)36-24-10(8-6-37-15(17)21-8)12(27)22-11-9(26(13(11)28)39(33,34)35)5-25-19-3-7(23-25)4-20-38(18,31)32/h3,6,9,11,20H,4-5H2,1-2H3,(H2,17,21)(H,22,27)(H,29,30)(H2,18,31,32)(H,33,34,35)/b24-10-/t9-,11+/m1/s1. The summed E-state index contributed by atoms with van der Waals surface area (Å²) in [5.74, 6) is -3.75. The minimum Gasteiger partial charge on any atom is -0.478 e. The fourth-order valence-electron chi connectivity index (χ4n) is 2.99. The molecular weight excluding hydrogens is 588 g/mol. The van der Waals surface area contributed by atoms with E-state index in [1.165, 1.54) is 5.38 Å². The molecule has 0 saturated carbocycles. The quantitative estimate of drug-likeness (QED) is 0.0585. The first kappa shape index (κ1) is 29.8. The van der Waals surface area contributed by atoms with Crippen LogP contribution in [-0.2, 0) is 52.8 Å². The number of carboxylic acids is 1. The molecule has 1 fully saturated rings. The van der Waals surface area contributed by atoms with Crippen molar-refractivity contribution in [1.82, 2.24) is 34.3 Å². The zero-order chi connectivity index (χ0) is 29.3. The van der Waals surface area contributed by atoms with Crippen LogP contribution in [0.15, 0.2) is 16.7 Å². The van der Waals surface area contributed by atoms with Crippen LogP contribution in [0.3, 0.4) is 0 Å². The third kappa shape index (κ3) is 7.21. The first-order valence-electron chi connectivity index (χ1n) is 10.4. The van der Waals surface area contributed by atoms with E-state index in [0.29, 0.717) is 0 Å². The zero-order valence-corrected chi connectivity index (χ0v) is 22.4. The molecule has 20 nitrogen and oxygen atoms in total. The van der Waals surface area contributed by atoms with Gasteiger partial charge in [0.2, 0.25) is 5.60 Å². The predicted molar refractivity (Wildman–Crippen MR) is 130 cm³/mol. The third-order valence-corrected chi connectivity index (χ3v) is 7.12. The second-order valence-corrected chi connectivity index (χ2v) is 11.9. The van der Waals surface area contributed by atoms with Crippen molar-refractivity contribution < 1.29 is 45.7 Å². The van der Waals surface area contributed by atoms with Gasteiger partial charge in [-0.1, -0.05) is 5.16 Å². The Hall–Kier alpha value is -3.77. The number of carbonyl (C=O) groups is 3. The maximum absolute atomic E-state index is 13.1. The number of nitrogen functional groups attached to an aromatic ring is 1.